The molecule has 2 atom stereocenters. The minimum Gasteiger partial charge on any atom is -0.481 e. The second kappa shape index (κ2) is 8.26. The zero-order valence-electron chi connectivity index (χ0n) is 16.3. The maximum atomic E-state index is 12.4. The molecule has 0 spiro atoms. The first-order valence-corrected chi connectivity index (χ1v) is 9.82. The van der Waals surface area contributed by atoms with Crippen LogP contribution in [0.15, 0.2) is 36.5 Å². The first-order chi connectivity index (χ1) is 14.0. The fourth-order valence-electron chi connectivity index (χ4n) is 3.62. The van der Waals surface area contributed by atoms with Crippen LogP contribution in [0.5, 0.6) is 5.88 Å². The van der Waals surface area contributed by atoms with Crippen LogP contribution in [0.2, 0.25) is 5.02 Å². The number of piperidine rings is 1. The van der Waals surface area contributed by atoms with Crippen LogP contribution in [0.1, 0.15) is 24.7 Å². The number of methoxy groups -OCH3 is 1. The molecule has 9 heteroatoms. The molecule has 1 saturated heterocycles. The van der Waals surface area contributed by atoms with Crippen LogP contribution in [-0.4, -0.2) is 52.6 Å². The average molecular weight is 415 g/mol. The standard InChI is InChI=1S/C20H23ClN6O2/c1-27-8-7-13(23-20(28)24-14-4-6-18(29-2)22-11-14)10-17(27)19-25-15-5-3-12(21)9-16(15)26-19/h3-6,9,11,13,17H,7-8,10H2,1-2H3,(H,25,26)(H2,23,24,28). The number of ether oxygens (including phenoxy) is 1. The van der Waals surface area contributed by atoms with E-state index in [-0.39, 0.29) is 18.1 Å². The molecule has 0 saturated carbocycles. The number of amides is 2. The third-order valence-electron chi connectivity index (χ3n) is 5.19. The van der Waals surface area contributed by atoms with Crippen molar-refractivity contribution in [2.45, 2.75) is 24.9 Å². The summed E-state index contributed by atoms with van der Waals surface area (Å²) < 4.78 is 5.03. The Kier molecular flexibility index (Phi) is 5.55. The summed E-state index contributed by atoms with van der Waals surface area (Å²) in [4.78, 5) is 26.8. The van der Waals surface area contributed by atoms with Gasteiger partial charge in [-0.25, -0.2) is 14.8 Å². The van der Waals surface area contributed by atoms with Crippen molar-refractivity contribution in [1.82, 2.24) is 25.2 Å². The van der Waals surface area contributed by atoms with Crippen LogP contribution >= 0.6 is 11.6 Å². The molecule has 8 nitrogen and oxygen atoms in total. The second-order valence-corrected chi connectivity index (χ2v) is 7.63. The molecule has 0 aliphatic carbocycles. The van der Waals surface area contributed by atoms with Gasteiger partial charge in [0.15, 0.2) is 0 Å². The van der Waals surface area contributed by atoms with Crippen LogP contribution in [0.25, 0.3) is 11.0 Å². The summed E-state index contributed by atoms with van der Waals surface area (Å²) in [5, 5.41) is 6.55. The number of urea groups is 1. The van der Waals surface area contributed by atoms with E-state index in [2.05, 4.69) is 32.5 Å². The van der Waals surface area contributed by atoms with Gasteiger partial charge < -0.3 is 20.4 Å². The van der Waals surface area contributed by atoms with Crippen molar-refractivity contribution in [2.75, 3.05) is 26.0 Å². The molecule has 29 heavy (non-hydrogen) atoms. The zero-order valence-corrected chi connectivity index (χ0v) is 17.0. The normalized spacial score (nSPS) is 19.8. The number of rotatable bonds is 4. The van der Waals surface area contributed by atoms with E-state index in [0.717, 1.165) is 36.2 Å². The molecule has 2 aromatic heterocycles. The van der Waals surface area contributed by atoms with E-state index in [9.17, 15) is 4.79 Å². The Hall–Kier alpha value is -2.84. The summed E-state index contributed by atoms with van der Waals surface area (Å²) in [6.07, 6.45) is 3.20. The van der Waals surface area contributed by atoms with Crippen LogP contribution in [0.4, 0.5) is 10.5 Å². The first-order valence-electron chi connectivity index (χ1n) is 9.45. The molecule has 4 rings (SSSR count). The first kappa shape index (κ1) is 19.5. The molecule has 152 valence electrons. The Morgan fingerprint density at radius 2 is 2.21 bits per heavy atom. The highest BCUT2D eigenvalue weighted by Gasteiger charge is 2.30. The lowest BCUT2D eigenvalue weighted by Gasteiger charge is -2.36. The van der Waals surface area contributed by atoms with Gasteiger partial charge in [0.05, 0.1) is 36.1 Å². The molecular weight excluding hydrogens is 392 g/mol. The summed E-state index contributed by atoms with van der Waals surface area (Å²) in [5.74, 6) is 1.39. The highest BCUT2D eigenvalue weighted by Crippen LogP contribution is 2.30. The number of nitrogens with one attached hydrogen (secondary N) is 3. The van der Waals surface area contributed by atoms with E-state index in [1.165, 1.54) is 0 Å². The Bertz CT molecular complexity index is 1010. The molecule has 1 aliphatic heterocycles. The summed E-state index contributed by atoms with van der Waals surface area (Å²) >= 11 is 6.08. The SMILES string of the molecule is COc1ccc(NC(=O)NC2CCN(C)C(c3nc4ccc(Cl)cc4[nH]3)C2)cn1. The van der Waals surface area contributed by atoms with Crippen molar-refractivity contribution < 1.29 is 9.53 Å². The molecule has 2 unspecified atom stereocenters. The van der Waals surface area contributed by atoms with E-state index in [1.807, 2.05) is 18.2 Å². The lowest BCUT2D eigenvalue weighted by atomic mass is 9.97. The minimum atomic E-state index is -0.248. The third-order valence-corrected chi connectivity index (χ3v) is 5.42. The largest absolute Gasteiger partial charge is 0.481 e. The van der Waals surface area contributed by atoms with Gasteiger partial charge in [0, 0.05) is 23.7 Å². The van der Waals surface area contributed by atoms with Crippen molar-refractivity contribution >= 4 is 34.4 Å². The number of anilines is 1. The van der Waals surface area contributed by atoms with E-state index in [1.54, 1.807) is 25.4 Å². The number of hydrogen-bond donors (Lipinski definition) is 3. The Morgan fingerprint density at radius 1 is 1.34 bits per heavy atom. The van der Waals surface area contributed by atoms with Gasteiger partial charge in [-0.15, -0.1) is 0 Å². The van der Waals surface area contributed by atoms with Gasteiger partial charge in [-0.1, -0.05) is 11.6 Å². The number of benzene rings is 1. The summed E-state index contributed by atoms with van der Waals surface area (Å²) in [7, 11) is 3.62. The molecule has 2 amide bonds. The number of aromatic nitrogens is 3. The average Bonchev–Trinajstić information content (AvgIpc) is 3.13. The van der Waals surface area contributed by atoms with Crippen molar-refractivity contribution in [2.24, 2.45) is 0 Å². The lowest BCUT2D eigenvalue weighted by Crippen LogP contribution is -2.46. The maximum absolute atomic E-state index is 12.4. The number of halogens is 1. The number of hydrogen-bond acceptors (Lipinski definition) is 5. The highest BCUT2D eigenvalue weighted by molar-refractivity contribution is 6.31. The van der Waals surface area contributed by atoms with Crippen molar-refractivity contribution in [3.05, 3.63) is 47.4 Å². The van der Waals surface area contributed by atoms with E-state index in [4.69, 9.17) is 21.3 Å². The number of carbonyl (C=O) groups is 1. The predicted molar refractivity (Wildman–Crippen MR) is 112 cm³/mol. The van der Waals surface area contributed by atoms with Gasteiger partial charge in [0.25, 0.3) is 0 Å². The second-order valence-electron chi connectivity index (χ2n) is 7.19. The number of pyridine rings is 1. The van der Waals surface area contributed by atoms with E-state index in [0.29, 0.717) is 16.6 Å². The summed E-state index contributed by atoms with van der Waals surface area (Å²) in [5.41, 5.74) is 2.42. The number of carbonyl (C=O) groups excluding carboxylic acids is 1. The number of nitrogens with zero attached hydrogens (tertiary/aromatic N) is 3. The van der Waals surface area contributed by atoms with Gasteiger partial charge >= 0.3 is 6.03 Å². The molecule has 1 aromatic carbocycles. The Balaban J connectivity index is 1.41. The van der Waals surface area contributed by atoms with Crippen LogP contribution < -0.4 is 15.4 Å². The molecular formula is C20H23ClN6O2. The molecule has 3 N–H and O–H groups in total. The lowest BCUT2D eigenvalue weighted by molar-refractivity contribution is 0.153. The molecule has 3 heterocycles. The smallest absolute Gasteiger partial charge is 0.319 e. The number of aromatic amines is 1. The molecule has 0 bridgehead atoms. The van der Waals surface area contributed by atoms with Gasteiger partial charge in [-0.2, -0.15) is 0 Å². The number of fused-ring (bicyclic) bond motifs is 1. The fraction of sp³-hybridized carbons (Fsp3) is 0.350. The van der Waals surface area contributed by atoms with Crippen molar-refractivity contribution in [3.63, 3.8) is 0 Å². The molecule has 1 aliphatic rings. The maximum Gasteiger partial charge on any atom is 0.319 e. The Labute approximate surface area is 173 Å². The van der Waals surface area contributed by atoms with Crippen molar-refractivity contribution in [3.8, 4) is 5.88 Å². The summed E-state index contributed by atoms with van der Waals surface area (Å²) in [6, 6.07) is 8.96. The van der Waals surface area contributed by atoms with Crippen LogP contribution in [0.3, 0.4) is 0 Å². The van der Waals surface area contributed by atoms with Crippen LogP contribution in [-0.2, 0) is 0 Å². The zero-order chi connectivity index (χ0) is 20.4. The highest BCUT2D eigenvalue weighted by atomic mass is 35.5. The van der Waals surface area contributed by atoms with E-state index >= 15 is 0 Å². The summed E-state index contributed by atoms with van der Waals surface area (Å²) in [6.45, 7) is 0.859. The minimum absolute atomic E-state index is 0.0409. The number of imidazole rings is 1. The molecule has 1 fully saturated rings. The van der Waals surface area contributed by atoms with Crippen LogP contribution in [0, 0.1) is 0 Å². The molecule has 0 radical (unpaired) electrons. The van der Waals surface area contributed by atoms with Gasteiger partial charge in [-0.05, 0) is 44.2 Å². The topological polar surface area (TPSA) is 95.2 Å². The van der Waals surface area contributed by atoms with Crippen molar-refractivity contribution in [1.29, 1.82) is 0 Å². The Morgan fingerprint density at radius 3 is 2.97 bits per heavy atom. The van der Waals surface area contributed by atoms with E-state index < -0.39 is 0 Å². The third kappa shape index (κ3) is 4.44. The quantitative estimate of drug-likeness (QED) is 0.606. The number of H-pyrrole nitrogens is 1. The molecule has 3 aromatic rings. The monoisotopic (exact) mass is 414 g/mol. The van der Waals surface area contributed by atoms with Gasteiger partial charge in [0.2, 0.25) is 5.88 Å². The van der Waals surface area contributed by atoms with Gasteiger partial charge in [0.1, 0.15) is 5.82 Å². The van der Waals surface area contributed by atoms with Gasteiger partial charge in [-0.3, -0.25) is 4.90 Å². The fourth-order valence-corrected chi connectivity index (χ4v) is 3.79. The predicted octanol–water partition coefficient (Wildman–Crippen LogP) is 3.58. The number of likely N-dealkylation sites (tertiary alicyclic amines) is 1.